The van der Waals surface area contributed by atoms with Gasteiger partial charge in [0.25, 0.3) is 11.7 Å². The fraction of sp³-hybridized carbons (Fsp3) is 0.154. The number of Topliss-reactive ketones (excluding diaryl/α,β-unsaturated/α-hetero) is 1. The van der Waals surface area contributed by atoms with E-state index in [0.29, 0.717) is 22.6 Å². The third-order valence-corrected chi connectivity index (χ3v) is 6.05. The second-order valence-corrected chi connectivity index (χ2v) is 8.82. The molecule has 1 unspecified atom stereocenters. The van der Waals surface area contributed by atoms with Crippen LogP contribution in [0.5, 0.6) is 5.75 Å². The molecule has 0 saturated carbocycles. The lowest BCUT2D eigenvalue weighted by atomic mass is 9.95. The number of ketones is 1. The van der Waals surface area contributed by atoms with Crippen LogP contribution in [0.3, 0.4) is 0 Å². The molecule has 0 spiro atoms. The number of ether oxygens (including phenoxy) is 1. The maximum atomic E-state index is 13.6. The number of amides is 1. The van der Waals surface area contributed by atoms with Crippen LogP contribution < -0.4 is 9.64 Å². The van der Waals surface area contributed by atoms with Gasteiger partial charge in [-0.15, -0.1) is 0 Å². The minimum absolute atomic E-state index is 0.0329. The number of rotatable bonds is 5. The zero-order valence-electron chi connectivity index (χ0n) is 18.3. The van der Waals surface area contributed by atoms with E-state index in [1.807, 2.05) is 13.8 Å². The van der Waals surface area contributed by atoms with Crippen LogP contribution >= 0.6 is 23.2 Å². The molecule has 3 aromatic rings. The lowest BCUT2D eigenvalue weighted by Crippen LogP contribution is -2.29. The number of aliphatic hydroxyl groups excluding tert-OH is 1. The van der Waals surface area contributed by atoms with E-state index in [4.69, 9.17) is 27.9 Å². The van der Waals surface area contributed by atoms with Gasteiger partial charge < -0.3 is 9.84 Å². The van der Waals surface area contributed by atoms with Crippen molar-refractivity contribution in [1.29, 1.82) is 0 Å². The largest absolute Gasteiger partial charge is 0.507 e. The molecule has 8 heteroatoms. The van der Waals surface area contributed by atoms with Gasteiger partial charge in [-0.1, -0.05) is 35.3 Å². The van der Waals surface area contributed by atoms with Crippen molar-refractivity contribution in [3.8, 4) is 5.75 Å². The van der Waals surface area contributed by atoms with Crippen molar-refractivity contribution >= 4 is 46.3 Å². The van der Waals surface area contributed by atoms with Crippen LogP contribution in [0.15, 0.2) is 72.3 Å². The Hall–Kier alpha value is -3.35. The summed E-state index contributed by atoms with van der Waals surface area (Å²) in [7, 11) is 0. The Balaban J connectivity index is 1.87. The minimum Gasteiger partial charge on any atom is -0.507 e. The van der Waals surface area contributed by atoms with Crippen LogP contribution in [0.1, 0.15) is 31.0 Å². The molecule has 174 valence electrons. The Labute approximate surface area is 206 Å². The summed E-state index contributed by atoms with van der Waals surface area (Å²) in [5.74, 6) is -1.96. The van der Waals surface area contributed by atoms with Crippen molar-refractivity contribution in [2.45, 2.75) is 26.0 Å². The molecule has 0 aromatic heterocycles. The van der Waals surface area contributed by atoms with Gasteiger partial charge in [0.2, 0.25) is 0 Å². The van der Waals surface area contributed by atoms with E-state index >= 15 is 0 Å². The molecule has 1 amide bonds. The molecule has 1 N–H and O–H groups in total. The predicted octanol–water partition coefficient (Wildman–Crippen LogP) is 6.55. The maximum Gasteiger partial charge on any atom is 0.300 e. The number of benzene rings is 3. The third kappa shape index (κ3) is 4.52. The summed E-state index contributed by atoms with van der Waals surface area (Å²) < 4.78 is 19.3. The first kappa shape index (κ1) is 23.8. The molecule has 1 saturated heterocycles. The molecule has 5 nitrogen and oxygen atoms in total. The van der Waals surface area contributed by atoms with Gasteiger partial charge in [-0.3, -0.25) is 14.5 Å². The SMILES string of the molecule is CC(C)Oc1ccc(/C(O)=C2\C(=O)C(=O)N(c3ccc(Cl)c(Cl)c3)C2c2ccc(F)cc2)cc1. The number of nitrogens with zero attached hydrogens (tertiary/aromatic N) is 1. The molecular weight excluding hydrogens is 480 g/mol. The highest BCUT2D eigenvalue weighted by Crippen LogP contribution is 2.43. The topological polar surface area (TPSA) is 66.8 Å². The van der Waals surface area contributed by atoms with E-state index in [0.717, 1.165) is 0 Å². The fourth-order valence-corrected chi connectivity index (χ4v) is 4.11. The van der Waals surface area contributed by atoms with Crippen molar-refractivity contribution in [3.63, 3.8) is 0 Å². The Kier molecular flexibility index (Phi) is 6.64. The average molecular weight is 500 g/mol. The van der Waals surface area contributed by atoms with E-state index in [1.165, 1.54) is 41.3 Å². The molecule has 34 heavy (non-hydrogen) atoms. The van der Waals surface area contributed by atoms with Crippen LogP contribution in [0.4, 0.5) is 10.1 Å². The minimum atomic E-state index is -1.01. The highest BCUT2D eigenvalue weighted by Gasteiger charge is 2.47. The third-order valence-electron chi connectivity index (χ3n) is 5.31. The molecule has 1 atom stereocenters. The summed E-state index contributed by atoms with van der Waals surface area (Å²) in [6.07, 6.45) is -0.0329. The normalized spacial score (nSPS) is 17.5. The van der Waals surface area contributed by atoms with Crippen LogP contribution in [0.2, 0.25) is 10.0 Å². The first-order valence-electron chi connectivity index (χ1n) is 10.5. The highest BCUT2D eigenvalue weighted by atomic mass is 35.5. The number of halogens is 3. The van der Waals surface area contributed by atoms with E-state index in [-0.39, 0.29) is 27.5 Å². The van der Waals surface area contributed by atoms with Gasteiger partial charge in [0.15, 0.2) is 0 Å². The molecule has 0 aliphatic carbocycles. The zero-order valence-corrected chi connectivity index (χ0v) is 19.8. The number of carbonyl (C=O) groups excluding carboxylic acids is 2. The summed E-state index contributed by atoms with van der Waals surface area (Å²) in [4.78, 5) is 27.5. The van der Waals surface area contributed by atoms with Crippen molar-refractivity contribution < 1.29 is 23.8 Å². The quantitative estimate of drug-likeness (QED) is 0.245. The molecular formula is C26H20Cl2FNO4. The molecule has 0 radical (unpaired) electrons. The highest BCUT2D eigenvalue weighted by molar-refractivity contribution is 6.52. The molecule has 1 fully saturated rings. The Morgan fingerprint density at radius 3 is 2.21 bits per heavy atom. The van der Waals surface area contributed by atoms with Crippen molar-refractivity contribution in [2.75, 3.05) is 4.90 Å². The van der Waals surface area contributed by atoms with Crippen molar-refractivity contribution in [3.05, 3.63) is 99.3 Å². The van der Waals surface area contributed by atoms with E-state index < -0.39 is 23.5 Å². The fourth-order valence-electron chi connectivity index (χ4n) is 3.81. The average Bonchev–Trinajstić information content (AvgIpc) is 3.06. The number of anilines is 1. The Morgan fingerprint density at radius 1 is 0.971 bits per heavy atom. The summed E-state index contributed by atoms with van der Waals surface area (Å²) in [5.41, 5.74) is 0.953. The maximum absolute atomic E-state index is 13.6. The lowest BCUT2D eigenvalue weighted by Gasteiger charge is -2.25. The van der Waals surface area contributed by atoms with Crippen molar-refractivity contribution in [2.24, 2.45) is 0 Å². The van der Waals surface area contributed by atoms with Gasteiger partial charge in [-0.05, 0) is 74.0 Å². The summed E-state index contributed by atoms with van der Waals surface area (Å²) in [6.45, 7) is 3.78. The van der Waals surface area contributed by atoms with E-state index in [2.05, 4.69) is 0 Å². The second kappa shape index (κ2) is 9.49. The van der Waals surface area contributed by atoms with Crippen LogP contribution in [0.25, 0.3) is 5.76 Å². The van der Waals surface area contributed by atoms with Crippen LogP contribution in [0, 0.1) is 5.82 Å². The van der Waals surface area contributed by atoms with Crippen LogP contribution in [-0.2, 0) is 9.59 Å². The summed E-state index contributed by atoms with van der Waals surface area (Å²) >= 11 is 12.2. The zero-order chi connectivity index (χ0) is 24.6. The standard InChI is InChI=1S/C26H20Cl2FNO4/c1-14(2)34-19-10-5-16(6-11-19)24(31)22-23(15-3-7-17(29)8-4-15)30(26(33)25(22)32)18-9-12-20(27)21(28)13-18/h3-14,23,31H,1-2H3/b24-22+. The number of carbonyl (C=O) groups is 2. The van der Waals surface area contributed by atoms with Gasteiger partial charge in [0.1, 0.15) is 17.3 Å². The van der Waals surface area contributed by atoms with Crippen LogP contribution in [-0.4, -0.2) is 22.9 Å². The number of hydrogen-bond donors (Lipinski definition) is 1. The summed E-state index contributed by atoms with van der Waals surface area (Å²) in [6, 6.07) is 15.4. The second-order valence-electron chi connectivity index (χ2n) is 8.01. The number of aliphatic hydroxyl groups is 1. The van der Waals surface area contributed by atoms with E-state index in [1.54, 1.807) is 30.3 Å². The smallest absolute Gasteiger partial charge is 0.300 e. The van der Waals surface area contributed by atoms with Gasteiger partial charge in [0.05, 0.1) is 27.8 Å². The van der Waals surface area contributed by atoms with Gasteiger partial charge in [0, 0.05) is 11.3 Å². The molecule has 1 aliphatic rings. The first-order chi connectivity index (χ1) is 16.2. The molecule has 0 bridgehead atoms. The van der Waals surface area contributed by atoms with Gasteiger partial charge in [-0.25, -0.2) is 4.39 Å². The van der Waals surface area contributed by atoms with Gasteiger partial charge in [-0.2, -0.15) is 0 Å². The molecule has 1 aliphatic heterocycles. The molecule has 3 aromatic carbocycles. The van der Waals surface area contributed by atoms with Crippen molar-refractivity contribution in [1.82, 2.24) is 0 Å². The molecule has 1 heterocycles. The monoisotopic (exact) mass is 499 g/mol. The first-order valence-corrected chi connectivity index (χ1v) is 11.2. The number of hydrogen-bond acceptors (Lipinski definition) is 4. The predicted molar refractivity (Wildman–Crippen MR) is 130 cm³/mol. The Bertz CT molecular complexity index is 1290. The summed E-state index contributed by atoms with van der Waals surface area (Å²) in [5, 5.41) is 11.6. The molecule has 4 rings (SSSR count). The lowest BCUT2D eigenvalue weighted by molar-refractivity contribution is -0.132. The Morgan fingerprint density at radius 2 is 1.62 bits per heavy atom. The van der Waals surface area contributed by atoms with Gasteiger partial charge >= 0.3 is 0 Å². The van der Waals surface area contributed by atoms with E-state index in [9.17, 15) is 19.1 Å².